The van der Waals surface area contributed by atoms with Crippen molar-refractivity contribution < 1.29 is 28.8 Å². The summed E-state index contributed by atoms with van der Waals surface area (Å²) < 4.78 is 21.0. The molecule has 0 fully saturated rings. The second-order valence-corrected chi connectivity index (χ2v) is 5.74. The number of carbonyl (C=O) groups is 1. The van der Waals surface area contributed by atoms with E-state index in [4.69, 9.17) is 18.9 Å². The monoisotopic (exact) mass is 359 g/mol. The number of aromatic hydroxyl groups is 1. The normalized spacial score (nSPS) is 12.5. The van der Waals surface area contributed by atoms with Crippen LogP contribution in [0.25, 0.3) is 0 Å². The van der Waals surface area contributed by atoms with Crippen molar-refractivity contribution in [3.63, 3.8) is 0 Å². The van der Waals surface area contributed by atoms with E-state index >= 15 is 0 Å². The van der Waals surface area contributed by atoms with Gasteiger partial charge < -0.3 is 29.0 Å². The molecule has 7 heteroatoms. The minimum Gasteiger partial charge on any atom is -0.504 e. The quantitative estimate of drug-likeness (QED) is 0.884. The number of hydrogen-bond donors (Lipinski definition) is 1. The molecular weight excluding hydrogens is 338 g/mol. The molecule has 3 rings (SSSR count). The minimum atomic E-state index is -0.325. The van der Waals surface area contributed by atoms with Crippen LogP contribution in [-0.4, -0.2) is 46.0 Å². The highest BCUT2D eigenvalue weighted by atomic mass is 16.5. The number of ether oxygens (including phenoxy) is 4. The van der Waals surface area contributed by atoms with E-state index in [0.717, 1.165) is 11.3 Å². The van der Waals surface area contributed by atoms with Gasteiger partial charge in [-0.2, -0.15) is 0 Å². The van der Waals surface area contributed by atoms with Gasteiger partial charge in [-0.25, -0.2) is 0 Å². The van der Waals surface area contributed by atoms with Crippen molar-refractivity contribution >= 4 is 11.6 Å². The fourth-order valence-corrected chi connectivity index (χ4v) is 3.15. The number of phenolic OH excluding ortho intramolecular Hbond substituents is 1. The number of benzene rings is 2. The molecule has 1 heterocycles. The lowest BCUT2D eigenvalue weighted by Gasteiger charge is -2.20. The number of amides is 1. The molecule has 0 aromatic heterocycles. The van der Waals surface area contributed by atoms with Crippen LogP contribution >= 0.6 is 0 Å². The largest absolute Gasteiger partial charge is 0.504 e. The zero-order valence-electron chi connectivity index (χ0n) is 15.2. The Morgan fingerprint density at radius 3 is 2.23 bits per heavy atom. The molecule has 2 aromatic carbocycles. The minimum absolute atomic E-state index is 0.130. The van der Waals surface area contributed by atoms with E-state index in [1.54, 1.807) is 31.3 Å². The Kier molecular flexibility index (Phi) is 4.79. The smallest absolute Gasteiger partial charge is 0.262 e. The van der Waals surface area contributed by atoms with Crippen molar-refractivity contribution in [1.82, 2.24) is 0 Å². The second-order valence-electron chi connectivity index (χ2n) is 5.74. The highest BCUT2D eigenvalue weighted by Crippen LogP contribution is 2.42. The van der Waals surface area contributed by atoms with Crippen molar-refractivity contribution in [2.75, 3.05) is 39.9 Å². The van der Waals surface area contributed by atoms with E-state index in [0.29, 0.717) is 30.2 Å². The highest BCUT2D eigenvalue weighted by Gasteiger charge is 2.30. The molecule has 0 saturated carbocycles. The maximum atomic E-state index is 13.0. The Morgan fingerprint density at radius 2 is 1.62 bits per heavy atom. The number of nitrogens with zero attached hydrogens (tertiary/aromatic N) is 1. The van der Waals surface area contributed by atoms with E-state index in [1.807, 2.05) is 6.07 Å². The van der Waals surface area contributed by atoms with Crippen LogP contribution in [0.2, 0.25) is 0 Å². The van der Waals surface area contributed by atoms with Gasteiger partial charge in [0.2, 0.25) is 5.75 Å². The summed E-state index contributed by atoms with van der Waals surface area (Å²) in [5.41, 5.74) is 1.86. The zero-order valence-corrected chi connectivity index (χ0v) is 15.2. The summed E-state index contributed by atoms with van der Waals surface area (Å²) in [7, 11) is 6.00. The molecule has 0 unspecified atom stereocenters. The lowest BCUT2D eigenvalue weighted by molar-refractivity contribution is 0.0986. The SMILES string of the molecule is COc1cc2c(cc1OC)N(C(=O)c1ccc(OC)c(OC)c1O)CC2. The third-order valence-electron chi connectivity index (χ3n) is 4.48. The standard InChI is InChI=1S/C19H21NO6/c1-23-14-6-5-12(17(21)18(14)26-4)19(22)20-8-7-11-9-15(24-2)16(25-3)10-13(11)20/h5-6,9-10,21H,7-8H2,1-4H3. The summed E-state index contributed by atoms with van der Waals surface area (Å²) in [5.74, 6) is 1.08. The summed E-state index contributed by atoms with van der Waals surface area (Å²) in [6.07, 6.45) is 0.690. The van der Waals surface area contributed by atoms with Crippen LogP contribution in [0.3, 0.4) is 0 Å². The summed E-state index contributed by atoms with van der Waals surface area (Å²) >= 11 is 0. The topological polar surface area (TPSA) is 77.5 Å². The van der Waals surface area contributed by atoms with E-state index in [9.17, 15) is 9.90 Å². The summed E-state index contributed by atoms with van der Waals surface area (Å²) in [6, 6.07) is 6.77. The van der Waals surface area contributed by atoms with Crippen LogP contribution in [0.1, 0.15) is 15.9 Å². The first kappa shape index (κ1) is 17.7. The number of hydrogen-bond acceptors (Lipinski definition) is 6. The number of anilines is 1. The molecule has 7 nitrogen and oxygen atoms in total. The molecule has 0 radical (unpaired) electrons. The van der Waals surface area contributed by atoms with Crippen LogP contribution in [0.4, 0.5) is 5.69 Å². The molecular formula is C19H21NO6. The molecule has 138 valence electrons. The van der Waals surface area contributed by atoms with Crippen LogP contribution < -0.4 is 23.8 Å². The van der Waals surface area contributed by atoms with Gasteiger partial charge in [-0.15, -0.1) is 0 Å². The van der Waals surface area contributed by atoms with Crippen molar-refractivity contribution in [3.05, 3.63) is 35.4 Å². The lowest BCUT2D eigenvalue weighted by atomic mass is 10.1. The molecule has 1 N–H and O–H groups in total. The molecule has 0 atom stereocenters. The average molecular weight is 359 g/mol. The first-order valence-electron chi connectivity index (χ1n) is 8.06. The van der Waals surface area contributed by atoms with Gasteiger partial charge in [-0.3, -0.25) is 4.79 Å². The Hall–Kier alpha value is -3.09. The van der Waals surface area contributed by atoms with Gasteiger partial charge in [0.25, 0.3) is 5.91 Å². The molecule has 0 aliphatic carbocycles. The molecule has 1 aliphatic rings. The van der Waals surface area contributed by atoms with E-state index in [1.165, 1.54) is 20.3 Å². The van der Waals surface area contributed by atoms with Gasteiger partial charge in [0.15, 0.2) is 23.0 Å². The maximum Gasteiger partial charge on any atom is 0.262 e. The van der Waals surface area contributed by atoms with Crippen LogP contribution in [0.5, 0.6) is 28.7 Å². The Morgan fingerprint density at radius 1 is 0.962 bits per heavy atom. The fourth-order valence-electron chi connectivity index (χ4n) is 3.15. The van der Waals surface area contributed by atoms with Gasteiger partial charge in [-0.1, -0.05) is 0 Å². The zero-order chi connectivity index (χ0) is 18.8. The van der Waals surface area contributed by atoms with Gasteiger partial charge in [0.05, 0.1) is 39.7 Å². The summed E-state index contributed by atoms with van der Waals surface area (Å²) in [4.78, 5) is 14.7. The predicted octanol–water partition coefficient (Wildman–Crippen LogP) is 2.63. The van der Waals surface area contributed by atoms with E-state index in [-0.39, 0.29) is 23.0 Å². The van der Waals surface area contributed by atoms with Gasteiger partial charge in [0, 0.05) is 12.6 Å². The second kappa shape index (κ2) is 7.03. The summed E-state index contributed by atoms with van der Waals surface area (Å²) in [5, 5.41) is 10.5. The highest BCUT2D eigenvalue weighted by molar-refractivity contribution is 6.09. The fraction of sp³-hybridized carbons (Fsp3) is 0.316. The third-order valence-corrected chi connectivity index (χ3v) is 4.48. The van der Waals surface area contributed by atoms with Crippen molar-refractivity contribution in [2.45, 2.75) is 6.42 Å². The Balaban J connectivity index is 2.02. The van der Waals surface area contributed by atoms with Crippen LogP contribution in [0, 0.1) is 0 Å². The molecule has 0 saturated heterocycles. The first-order valence-corrected chi connectivity index (χ1v) is 8.06. The molecule has 26 heavy (non-hydrogen) atoms. The molecule has 0 bridgehead atoms. The van der Waals surface area contributed by atoms with Crippen molar-refractivity contribution in [2.24, 2.45) is 0 Å². The number of fused-ring (bicyclic) bond motifs is 1. The number of rotatable bonds is 5. The lowest BCUT2D eigenvalue weighted by Crippen LogP contribution is -2.29. The number of phenols is 1. The Labute approximate surface area is 151 Å². The number of methoxy groups -OCH3 is 4. The maximum absolute atomic E-state index is 13.0. The molecule has 0 spiro atoms. The Bertz CT molecular complexity index is 848. The van der Waals surface area contributed by atoms with Crippen molar-refractivity contribution in [1.29, 1.82) is 0 Å². The van der Waals surface area contributed by atoms with Crippen LogP contribution in [0.15, 0.2) is 24.3 Å². The van der Waals surface area contributed by atoms with Crippen LogP contribution in [-0.2, 0) is 6.42 Å². The first-order chi connectivity index (χ1) is 12.5. The molecule has 1 aliphatic heterocycles. The summed E-state index contributed by atoms with van der Waals surface area (Å²) in [6.45, 7) is 0.498. The molecule has 1 amide bonds. The van der Waals surface area contributed by atoms with E-state index < -0.39 is 0 Å². The number of carbonyl (C=O) groups excluding carboxylic acids is 1. The molecule has 2 aromatic rings. The van der Waals surface area contributed by atoms with Gasteiger partial charge in [-0.05, 0) is 30.2 Å². The van der Waals surface area contributed by atoms with Gasteiger partial charge in [0.1, 0.15) is 0 Å². The third kappa shape index (κ3) is 2.75. The average Bonchev–Trinajstić information content (AvgIpc) is 3.08. The predicted molar refractivity (Wildman–Crippen MR) is 96.1 cm³/mol. The van der Waals surface area contributed by atoms with Gasteiger partial charge >= 0.3 is 0 Å². The van der Waals surface area contributed by atoms with E-state index in [2.05, 4.69) is 0 Å². The van der Waals surface area contributed by atoms with Crippen molar-refractivity contribution in [3.8, 4) is 28.7 Å².